The number of aliphatic imine (C=N–C) groups is 1. The molecule has 0 radical (unpaired) electrons. The summed E-state index contributed by atoms with van der Waals surface area (Å²) >= 11 is 0. The van der Waals surface area contributed by atoms with E-state index >= 15 is 0 Å². The molecule has 0 aliphatic carbocycles. The van der Waals surface area contributed by atoms with Crippen molar-refractivity contribution < 1.29 is 4.74 Å². The maximum Gasteiger partial charge on any atom is 0.121 e. The van der Waals surface area contributed by atoms with Crippen LogP contribution in [0.5, 0.6) is 5.75 Å². The van der Waals surface area contributed by atoms with Crippen molar-refractivity contribution in [1.29, 1.82) is 0 Å². The van der Waals surface area contributed by atoms with Crippen molar-refractivity contribution >= 4 is 33.4 Å². The summed E-state index contributed by atoms with van der Waals surface area (Å²) in [6.45, 7) is 0. The van der Waals surface area contributed by atoms with E-state index in [1.807, 2.05) is 30.5 Å². The quantitative estimate of drug-likeness (QED) is 0.348. The molecule has 4 rings (SSSR count). The third-order valence-electron chi connectivity index (χ3n) is 4.21. The highest BCUT2D eigenvalue weighted by Gasteiger charge is 2.05. The average Bonchev–Trinajstić information content (AvgIpc) is 2.65. The topological polar surface area (TPSA) is 21.6 Å². The Balaban J connectivity index is 1.91. The maximum absolute atomic E-state index is 5.27. The number of nitrogens with zero attached hydrogens (tertiary/aromatic N) is 1. The number of methoxy groups -OCH3 is 1. The van der Waals surface area contributed by atoms with E-state index in [1.54, 1.807) is 7.11 Å². The largest absolute Gasteiger partial charge is 0.497 e. The molecular formula is C22H17NO. The standard InChI is InChI=1S/C22H17NO/c1-24-19-10-6-9-18(14-19)23-15-22-20-11-4-2-7-16(20)13-17-8-3-5-12-21(17)22/h2-15H,1H3. The summed E-state index contributed by atoms with van der Waals surface area (Å²) in [5, 5.41) is 4.87. The van der Waals surface area contributed by atoms with Crippen LogP contribution in [0.3, 0.4) is 0 Å². The molecule has 2 heteroatoms. The van der Waals surface area contributed by atoms with Gasteiger partial charge in [-0.3, -0.25) is 4.99 Å². The highest BCUT2D eigenvalue weighted by molar-refractivity contribution is 6.13. The molecule has 0 aromatic heterocycles. The van der Waals surface area contributed by atoms with E-state index in [-0.39, 0.29) is 0 Å². The monoisotopic (exact) mass is 311 g/mol. The van der Waals surface area contributed by atoms with Gasteiger partial charge in [0, 0.05) is 17.8 Å². The Labute approximate surface area is 141 Å². The van der Waals surface area contributed by atoms with Crippen LogP contribution < -0.4 is 4.74 Å². The Bertz CT molecular complexity index is 996. The summed E-state index contributed by atoms with van der Waals surface area (Å²) in [5.74, 6) is 0.812. The number of benzene rings is 4. The third kappa shape index (κ3) is 2.63. The lowest BCUT2D eigenvalue weighted by Gasteiger charge is -2.08. The number of ether oxygens (including phenoxy) is 1. The lowest BCUT2D eigenvalue weighted by molar-refractivity contribution is 0.415. The molecule has 2 nitrogen and oxygen atoms in total. The molecule has 4 aromatic rings. The molecule has 0 saturated carbocycles. The van der Waals surface area contributed by atoms with Crippen molar-refractivity contribution in [1.82, 2.24) is 0 Å². The normalized spacial score (nSPS) is 11.4. The van der Waals surface area contributed by atoms with Crippen molar-refractivity contribution in [2.24, 2.45) is 4.99 Å². The SMILES string of the molecule is COc1cccc(N=Cc2c3ccccc3cc3ccccc23)c1. The van der Waals surface area contributed by atoms with Crippen LogP contribution in [0, 0.1) is 0 Å². The third-order valence-corrected chi connectivity index (χ3v) is 4.21. The van der Waals surface area contributed by atoms with Crippen molar-refractivity contribution in [2.75, 3.05) is 7.11 Å². The van der Waals surface area contributed by atoms with Gasteiger partial charge in [-0.25, -0.2) is 0 Å². The summed E-state index contributed by atoms with van der Waals surface area (Å²) < 4.78 is 5.27. The maximum atomic E-state index is 5.27. The molecule has 0 atom stereocenters. The molecular weight excluding hydrogens is 294 g/mol. The Hall–Kier alpha value is -3.13. The van der Waals surface area contributed by atoms with E-state index in [1.165, 1.54) is 21.5 Å². The lowest BCUT2D eigenvalue weighted by Crippen LogP contribution is -1.88. The minimum atomic E-state index is 0.812. The summed E-state index contributed by atoms with van der Waals surface area (Å²) in [6.07, 6.45) is 1.96. The molecule has 4 aromatic carbocycles. The van der Waals surface area contributed by atoms with Gasteiger partial charge in [-0.2, -0.15) is 0 Å². The van der Waals surface area contributed by atoms with Gasteiger partial charge < -0.3 is 4.74 Å². The van der Waals surface area contributed by atoms with E-state index in [0.29, 0.717) is 0 Å². The van der Waals surface area contributed by atoms with Gasteiger partial charge >= 0.3 is 0 Å². The number of hydrogen-bond acceptors (Lipinski definition) is 2. The summed E-state index contributed by atoms with van der Waals surface area (Å²) in [4.78, 5) is 4.68. The summed E-state index contributed by atoms with van der Waals surface area (Å²) in [5.41, 5.74) is 2.03. The fourth-order valence-corrected chi connectivity index (χ4v) is 3.02. The molecule has 0 aliphatic heterocycles. The van der Waals surface area contributed by atoms with Crippen LogP contribution in [-0.4, -0.2) is 13.3 Å². The molecule has 24 heavy (non-hydrogen) atoms. The molecule has 0 amide bonds. The zero-order valence-electron chi connectivity index (χ0n) is 13.4. The fourth-order valence-electron chi connectivity index (χ4n) is 3.02. The zero-order chi connectivity index (χ0) is 16.4. The van der Waals surface area contributed by atoms with Crippen molar-refractivity contribution in [2.45, 2.75) is 0 Å². The van der Waals surface area contributed by atoms with Crippen LogP contribution in [0.1, 0.15) is 5.56 Å². The average molecular weight is 311 g/mol. The molecule has 0 saturated heterocycles. The predicted octanol–water partition coefficient (Wildman–Crippen LogP) is 5.75. The van der Waals surface area contributed by atoms with Gasteiger partial charge in [0.1, 0.15) is 5.75 Å². The molecule has 0 aliphatic rings. The molecule has 0 heterocycles. The van der Waals surface area contributed by atoms with Gasteiger partial charge in [0.05, 0.1) is 12.8 Å². The summed E-state index contributed by atoms with van der Waals surface area (Å²) in [6, 6.07) is 26.9. The first-order valence-corrected chi connectivity index (χ1v) is 7.94. The van der Waals surface area contributed by atoms with E-state index < -0.39 is 0 Å². The molecule has 0 bridgehead atoms. The second kappa shape index (κ2) is 6.17. The first-order chi connectivity index (χ1) is 11.8. The zero-order valence-corrected chi connectivity index (χ0v) is 13.4. The van der Waals surface area contributed by atoms with E-state index in [4.69, 9.17) is 4.74 Å². The smallest absolute Gasteiger partial charge is 0.121 e. The van der Waals surface area contributed by atoms with Crippen molar-refractivity contribution in [3.8, 4) is 5.75 Å². The fraction of sp³-hybridized carbons (Fsp3) is 0.0455. The Morgan fingerprint density at radius 2 is 1.42 bits per heavy atom. The highest BCUT2D eigenvalue weighted by atomic mass is 16.5. The second-order valence-electron chi connectivity index (χ2n) is 5.69. The van der Waals surface area contributed by atoms with Crippen molar-refractivity contribution in [3.05, 3.63) is 84.4 Å². The molecule has 0 spiro atoms. The molecule has 0 N–H and O–H groups in total. The van der Waals surface area contributed by atoms with Crippen LogP contribution in [0.4, 0.5) is 5.69 Å². The Morgan fingerprint density at radius 1 is 0.750 bits per heavy atom. The van der Waals surface area contributed by atoms with Crippen LogP contribution in [0.2, 0.25) is 0 Å². The Kier molecular flexibility index (Phi) is 3.72. The first-order valence-electron chi connectivity index (χ1n) is 7.94. The first kappa shape index (κ1) is 14.5. The van der Waals surface area contributed by atoms with Gasteiger partial charge in [-0.15, -0.1) is 0 Å². The van der Waals surface area contributed by atoms with Gasteiger partial charge in [0.2, 0.25) is 0 Å². The minimum Gasteiger partial charge on any atom is -0.497 e. The molecule has 0 fully saturated rings. The van der Waals surface area contributed by atoms with E-state index in [2.05, 4.69) is 59.6 Å². The summed E-state index contributed by atoms with van der Waals surface area (Å²) in [7, 11) is 1.67. The minimum absolute atomic E-state index is 0.812. The van der Waals surface area contributed by atoms with Gasteiger partial charge in [0.25, 0.3) is 0 Å². The highest BCUT2D eigenvalue weighted by Crippen LogP contribution is 2.28. The van der Waals surface area contributed by atoms with Gasteiger partial charge in [0.15, 0.2) is 0 Å². The van der Waals surface area contributed by atoms with Crippen LogP contribution in [0.15, 0.2) is 83.9 Å². The van der Waals surface area contributed by atoms with Crippen LogP contribution >= 0.6 is 0 Å². The number of hydrogen-bond donors (Lipinski definition) is 0. The van der Waals surface area contributed by atoms with Crippen molar-refractivity contribution in [3.63, 3.8) is 0 Å². The predicted molar refractivity (Wildman–Crippen MR) is 102 cm³/mol. The molecule has 0 unspecified atom stereocenters. The lowest BCUT2D eigenvalue weighted by atomic mass is 9.97. The van der Waals surface area contributed by atoms with Crippen LogP contribution in [0.25, 0.3) is 21.5 Å². The number of rotatable bonds is 3. The van der Waals surface area contributed by atoms with E-state index in [9.17, 15) is 0 Å². The second-order valence-corrected chi connectivity index (χ2v) is 5.69. The Morgan fingerprint density at radius 3 is 2.08 bits per heavy atom. The van der Waals surface area contributed by atoms with Gasteiger partial charge in [-0.1, -0.05) is 54.6 Å². The van der Waals surface area contributed by atoms with Gasteiger partial charge in [-0.05, 0) is 39.7 Å². The number of fused-ring (bicyclic) bond motifs is 2. The molecule has 116 valence electrons. The van der Waals surface area contributed by atoms with E-state index in [0.717, 1.165) is 17.0 Å². The van der Waals surface area contributed by atoms with Crippen LogP contribution in [-0.2, 0) is 0 Å².